The quantitative estimate of drug-likeness (QED) is 0.558. The number of unbranched alkanes of at least 4 members (excludes halogenated alkanes) is 1. The first-order valence-electron chi connectivity index (χ1n) is 10.5. The van der Waals surface area contributed by atoms with Gasteiger partial charge in [-0.1, -0.05) is 24.9 Å². The van der Waals surface area contributed by atoms with E-state index in [2.05, 4.69) is 6.92 Å². The number of carbonyl (C=O) groups is 2. The Labute approximate surface area is 182 Å². The van der Waals surface area contributed by atoms with E-state index in [4.69, 9.17) is 20.8 Å². The van der Waals surface area contributed by atoms with Crippen LogP contribution in [0.25, 0.3) is 0 Å². The lowest BCUT2D eigenvalue weighted by molar-refractivity contribution is -0.134. The number of carbonyl (C=O) groups excluding carboxylic acids is 2. The molecule has 0 aliphatic carbocycles. The molecule has 30 heavy (non-hydrogen) atoms. The predicted octanol–water partition coefficient (Wildman–Crippen LogP) is 4.38. The van der Waals surface area contributed by atoms with E-state index in [-0.39, 0.29) is 24.5 Å². The van der Waals surface area contributed by atoms with Crippen LogP contribution in [0.4, 0.5) is 0 Å². The fourth-order valence-corrected chi connectivity index (χ4v) is 3.65. The summed E-state index contributed by atoms with van der Waals surface area (Å²) < 4.78 is 11.2. The largest absolute Gasteiger partial charge is 0.467 e. The lowest BCUT2D eigenvalue weighted by Gasteiger charge is -2.29. The van der Waals surface area contributed by atoms with Crippen LogP contribution >= 0.6 is 11.6 Å². The lowest BCUT2D eigenvalue weighted by atomic mass is 10.1. The molecule has 3 rings (SSSR count). The van der Waals surface area contributed by atoms with E-state index in [1.165, 1.54) is 0 Å². The van der Waals surface area contributed by atoms with Crippen molar-refractivity contribution in [3.8, 4) is 0 Å². The van der Waals surface area contributed by atoms with Crippen LogP contribution in [0.15, 0.2) is 47.1 Å². The van der Waals surface area contributed by atoms with Gasteiger partial charge < -0.3 is 19.0 Å². The number of benzene rings is 1. The third kappa shape index (κ3) is 6.34. The van der Waals surface area contributed by atoms with E-state index < -0.39 is 0 Å². The summed E-state index contributed by atoms with van der Waals surface area (Å²) in [5, 5.41) is 0.573. The van der Waals surface area contributed by atoms with Crippen LogP contribution in [0.3, 0.4) is 0 Å². The van der Waals surface area contributed by atoms with Crippen LogP contribution < -0.4 is 0 Å². The van der Waals surface area contributed by atoms with Gasteiger partial charge in [0.15, 0.2) is 0 Å². The summed E-state index contributed by atoms with van der Waals surface area (Å²) in [6.45, 7) is 4.20. The zero-order valence-electron chi connectivity index (χ0n) is 17.4. The van der Waals surface area contributed by atoms with Crippen molar-refractivity contribution in [2.24, 2.45) is 0 Å². The minimum absolute atomic E-state index is 0.0227. The second kappa shape index (κ2) is 11.2. The van der Waals surface area contributed by atoms with E-state index in [0.717, 1.165) is 32.3 Å². The smallest absolute Gasteiger partial charge is 0.254 e. The number of amides is 2. The highest BCUT2D eigenvalue weighted by molar-refractivity contribution is 6.30. The number of nitrogens with zero attached hydrogens (tertiary/aromatic N) is 2. The maximum atomic E-state index is 13.2. The number of rotatable bonds is 10. The predicted molar refractivity (Wildman–Crippen MR) is 115 cm³/mol. The van der Waals surface area contributed by atoms with Crippen molar-refractivity contribution in [3.05, 3.63) is 59.0 Å². The molecule has 1 aromatic heterocycles. The topological polar surface area (TPSA) is 63.0 Å². The minimum Gasteiger partial charge on any atom is -0.467 e. The van der Waals surface area contributed by atoms with Gasteiger partial charge in [-0.05, 0) is 55.7 Å². The first kappa shape index (κ1) is 22.4. The van der Waals surface area contributed by atoms with Crippen LogP contribution in [0.1, 0.15) is 48.7 Å². The van der Waals surface area contributed by atoms with Crippen LogP contribution in [0.2, 0.25) is 5.02 Å². The molecule has 1 aromatic carbocycles. The molecule has 162 valence electrons. The molecular formula is C23H29ClN2O4. The van der Waals surface area contributed by atoms with Crippen molar-refractivity contribution < 1.29 is 18.7 Å². The van der Waals surface area contributed by atoms with Gasteiger partial charge in [-0.25, -0.2) is 0 Å². The summed E-state index contributed by atoms with van der Waals surface area (Å²) in [7, 11) is 0. The second-order valence-corrected chi connectivity index (χ2v) is 8.01. The van der Waals surface area contributed by atoms with Crippen molar-refractivity contribution >= 4 is 23.4 Å². The molecule has 2 heterocycles. The Hall–Kier alpha value is -2.31. The van der Waals surface area contributed by atoms with Crippen LogP contribution in [0, 0.1) is 0 Å². The second-order valence-electron chi connectivity index (χ2n) is 7.58. The summed E-state index contributed by atoms with van der Waals surface area (Å²) >= 11 is 5.95. The Kier molecular flexibility index (Phi) is 8.34. The van der Waals surface area contributed by atoms with Gasteiger partial charge in [0.1, 0.15) is 12.3 Å². The van der Waals surface area contributed by atoms with Gasteiger partial charge in [0.25, 0.3) is 5.91 Å². The van der Waals surface area contributed by atoms with Gasteiger partial charge in [0.05, 0.1) is 18.9 Å². The lowest BCUT2D eigenvalue weighted by Crippen LogP contribution is -2.45. The molecule has 0 spiro atoms. The van der Waals surface area contributed by atoms with E-state index in [1.807, 2.05) is 12.1 Å². The van der Waals surface area contributed by atoms with Crippen LogP contribution in [0.5, 0.6) is 0 Å². The Morgan fingerprint density at radius 3 is 2.60 bits per heavy atom. The van der Waals surface area contributed by atoms with Crippen molar-refractivity contribution in [2.75, 3.05) is 26.2 Å². The number of ether oxygens (including phenoxy) is 1. The molecule has 1 aliphatic heterocycles. The minimum atomic E-state index is -0.163. The third-order valence-corrected chi connectivity index (χ3v) is 5.47. The Balaban J connectivity index is 1.72. The molecule has 7 heteroatoms. The summed E-state index contributed by atoms with van der Waals surface area (Å²) in [5.74, 6) is 0.439. The molecule has 0 radical (unpaired) electrons. The summed E-state index contributed by atoms with van der Waals surface area (Å²) in [5.41, 5.74) is 0.528. The summed E-state index contributed by atoms with van der Waals surface area (Å²) in [4.78, 5) is 29.6. The fourth-order valence-electron chi connectivity index (χ4n) is 3.52. The Morgan fingerprint density at radius 1 is 1.17 bits per heavy atom. The number of furan rings is 1. The average molecular weight is 433 g/mol. The molecule has 1 unspecified atom stereocenters. The summed E-state index contributed by atoms with van der Waals surface area (Å²) in [6, 6.07) is 10.4. The molecule has 1 aliphatic rings. The van der Waals surface area contributed by atoms with Gasteiger partial charge in [0.2, 0.25) is 5.91 Å². The monoisotopic (exact) mass is 432 g/mol. The molecule has 0 N–H and O–H groups in total. The van der Waals surface area contributed by atoms with Gasteiger partial charge in [-0.15, -0.1) is 0 Å². The zero-order chi connectivity index (χ0) is 21.3. The zero-order valence-corrected chi connectivity index (χ0v) is 18.1. The van der Waals surface area contributed by atoms with Crippen LogP contribution in [-0.2, 0) is 16.1 Å². The normalized spacial score (nSPS) is 15.9. The molecule has 1 fully saturated rings. The first-order valence-corrected chi connectivity index (χ1v) is 10.9. The number of halogens is 1. The molecule has 0 bridgehead atoms. The fraction of sp³-hybridized carbons (Fsp3) is 0.478. The maximum absolute atomic E-state index is 13.2. The van der Waals surface area contributed by atoms with Crippen molar-refractivity contribution in [2.45, 2.75) is 45.3 Å². The van der Waals surface area contributed by atoms with E-state index in [1.54, 1.807) is 40.3 Å². The molecule has 0 saturated carbocycles. The number of hydrogen-bond acceptors (Lipinski definition) is 4. The molecule has 6 nitrogen and oxygen atoms in total. The average Bonchev–Trinajstić information content (AvgIpc) is 3.45. The van der Waals surface area contributed by atoms with Crippen molar-refractivity contribution in [1.29, 1.82) is 0 Å². The van der Waals surface area contributed by atoms with E-state index in [0.29, 0.717) is 36.0 Å². The first-order chi connectivity index (χ1) is 14.6. The van der Waals surface area contributed by atoms with E-state index in [9.17, 15) is 9.59 Å². The summed E-state index contributed by atoms with van der Waals surface area (Å²) in [6.07, 6.45) is 5.33. The highest BCUT2D eigenvalue weighted by Crippen LogP contribution is 2.17. The Bertz CT molecular complexity index is 801. The SMILES string of the molecule is CCCCN(CC(=O)N(Cc1ccco1)CC1CCCO1)C(=O)c1ccc(Cl)cc1. The van der Waals surface area contributed by atoms with Gasteiger partial charge >= 0.3 is 0 Å². The Morgan fingerprint density at radius 2 is 1.97 bits per heavy atom. The molecular weight excluding hydrogens is 404 g/mol. The van der Waals surface area contributed by atoms with Gasteiger partial charge in [-0.3, -0.25) is 9.59 Å². The molecule has 1 saturated heterocycles. The molecule has 2 aromatic rings. The molecule has 2 amide bonds. The van der Waals surface area contributed by atoms with Gasteiger partial charge in [-0.2, -0.15) is 0 Å². The van der Waals surface area contributed by atoms with Gasteiger partial charge in [0, 0.05) is 30.3 Å². The molecule has 1 atom stereocenters. The third-order valence-electron chi connectivity index (χ3n) is 5.21. The van der Waals surface area contributed by atoms with Crippen molar-refractivity contribution in [1.82, 2.24) is 9.80 Å². The van der Waals surface area contributed by atoms with Crippen LogP contribution in [-0.4, -0.2) is 54.0 Å². The highest BCUT2D eigenvalue weighted by Gasteiger charge is 2.26. The highest BCUT2D eigenvalue weighted by atomic mass is 35.5. The maximum Gasteiger partial charge on any atom is 0.254 e. The number of hydrogen-bond donors (Lipinski definition) is 0. The standard InChI is InChI=1S/C23H29ClN2O4/c1-2-3-12-25(23(28)18-8-10-19(24)11-9-18)17-22(27)26(15-20-6-4-13-29-20)16-21-7-5-14-30-21/h4,6,8-11,13,21H,2-3,5,7,12,14-17H2,1H3. The van der Waals surface area contributed by atoms with Crippen molar-refractivity contribution in [3.63, 3.8) is 0 Å². The van der Waals surface area contributed by atoms with E-state index >= 15 is 0 Å².